The number of aliphatic hydroxyl groups is 1. The van der Waals surface area contributed by atoms with Crippen molar-refractivity contribution in [1.82, 2.24) is 5.32 Å². The molecule has 5 heteroatoms. The molecule has 0 aromatic carbocycles. The van der Waals surface area contributed by atoms with Gasteiger partial charge >= 0.3 is 5.97 Å². The predicted molar refractivity (Wildman–Crippen MR) is 74.8 cm³/mol. The number of rotatable bonds is 7. The molecule has 4 nitrogen and oxygen atoms in total. The van der Waals surface area contributed by atoms with Crippen LogP contribution >= 0.6 is 11.8 Å². The number of esters is 1. The van der Waals surface area contributed by atoms with E-state index in [4.69, 9.17) is 9.84 Å². The summed E-state index contributed by atoms with van der Waals surface area (Å²) in [6.45, 7) is 4.54. The lowest BCUT2D eigenvalue weighted by Gasteiger charge is -2.26. The van der Waals surface area contributed by atoms with Crippen LogP contribution in [0.2, 0.25) is 0 Å². The zero-order valence-corrected chi connectivity index (χ0v) is 12.4. The summed E-state index contributed by atoms with van der Waals surface area (Å²) in [6.07, 6.45) is 2.70. The van der Waals surface area contributed by atoms with E-state index >= 15 is 0 Å². The van der Waals surface area contributed by atoms with Gasteiger partial charge < -0.3 is 15.2 Å². The van der Waals surface area contributed by atoms with Gasteiger partial charge in [-0.25, -0.2) is 0 Å². The Hall–Kier alpha value is -0.260. The van der Waals surface area contributed by atoms with Crippen LogP contribution in [-0.4, -0.2) is 47.9 Å². The van der Waals surface area contributed by atoms with Gasteiger partial charge in [-0.1, -0.05) is 6.92 Å². The first-order valence-electron chi connectivity index (χ1n) is 6.66. The Morgan fingerprint density at radius 1 is 1.67 bits per heavy atom. The quantitative estimate of drug-likeness (QED) is 0.688. The highest BCUT2D eigenvalue weighted by atomic mass is 32.2. The average Bonchev–Trinajstić information content (AvgIpc) is 2.81. The van der Waals surface area contributed by atoms with E-state index in [0.29, 0.717) is 17.8 Å². The zero-order valence-electron chi connectivity index (χ0n) is 11.6. The molecule has 3 atom stereocenters. The van der Waals surface area contributed by atoms with Crippen LogP contribution in [0.25, 0.3) is 0 Å². The topological polar surface area (TPSA) is 58.6 Å². The number of nitrogens with one attached hydrogen (secondary N) is 1. The van der Waals surface area contributed by atoms with E-state index in [2.05, 4.69) is 5.32 Å². The van der Waals surface area contributed by atoms with Gasteiger partial charge in [0.1, 0.15) is 5.54 Å². The van der Waals surface area contributed by atoms with Crippen LogP contribution in [0, 0.1) is 5.92 Å². The van der Waals surface area contributed by atoms with Gasteiger partial charge in [0.25, 0.3) is 0 Å². The molecule has 18 heavy (non-hydrogen) atoms. The van der Waals surface area contributed by atoms with Crippen molar-refractivity contribution in [2.24, 2.45) is 5.92 Å². The van der Waals surface area contributed by atoms with Gasteiger partial charge in [0.15, 0.2) is 0 Å². The molecule has 3 unspecified atom stereocenters. The number of hydrogen-bond donors (Lipinski definition) is 2. The van der Waals surface area contributed by atoms with E-state index in [0.717, 1.165) is 25.0 Å². The first-order chi connectivity index (χ1) is 8.57. The zero-order chi connectivity index (χ0) is 13.6. The number of aliphatic hydroxyl groups excluding tert-OH is 1. The Morgan fingerprint density at radius 2 is 2.39 bits per heavy atom. The number of thioether (sulfide) groups is 1. The predicted octanol–water partition coefficient (Wildman–Crippen LogP) is 1.42. The van der Waals surface area contributed by atoms with Gasteiger partial charge in [0.05, 0.1) is 6.61 Å². The molecule has 0 bridgehead atoms. The molecule has 1 aliphatic rings. The monoisotopic (exact) mass is 275 g/mol. The second-order valence-electron chi connectivity index (χ2n) is 5.04. The van der Waals surface area contributed by atoms with Gasteiger partial charge in [0, 0.05) is 11.9 Å². The highest BCUT2D eigenvalue weighted by Gasteiger charge is 2.45. The minimum atomic E-state index is -0.490. The summed E-state index contributed by atoms with van der Waals surface area (Å²) >= 11 is 1.86. The molecular weight excluding hydrogens is 250 g/mol. The van der Waals surface area contributed by atoms with Crippen LogP contribution in [0.3, 0.4) is 0 Å². The Bertz CT molecular complexity index is 275. The van der Waals surface area contributed by atoms with E-state index in [1.54, 1.807) is 0 Å². The number of likely N-dealkylation sites (N-methyl/N-ethyl adjacent to an activating group) is 1. The van der Waals surface area contributed by atoms with Crippen LogP contribution in [0.4, 0.5) is 0 Å². The van der Waals surface area contributed by atoms with Crippen LogP contribution in [0.1, 0.15) is 33.1 Å². The summed E-state index contributed by atoms with van der Waals surface area (Å²) in [5.41, 5.74) is -0.490. The molecule has 0 saturated heterocycles. The maximum Gasteiger partial charge on any atom is 0.326 e. The average molecular weight is 275 g/mol. The highest BCUT2D eigenvalue weighted by molar-refractivity contribution is 7.99. The van der Waals surface area contributed by atoms with E-state index in [1.165, 1.54) is 0 Å². The summed E-state index contributed by atoms with van der Waals surface area (Å²) in [5.74, 6) is 1.15. The first kappa shape index (κ1) is 15.8. The Labute approximate surface area is 114 Å². The summed E-state index contributed by atoms with van der Waals surface area (Å²) in [5, 5.41) is 12.7. The Balaban J connectivity index is 2.48. The van der Waals surface area contributed by atoms with Crippen molar-refractivity contribution in [3.05, 3.63) is 0 Å². The van der Waals surface area contributed by atoms with Crippen molar-refractivity contribution in [2.75, 3.05) is 26.0 Å². The third-order valence-electron chi connectivity index (χ3n) is 3.54. The lowest BCUT2D eigenvalue weighted by atomic mass is 9.98. The molecule has 0 radical (unpaired) electrons. The molecule has 0 heterocycles. The number of ether oxygens (including phenoxy) is 1. The highest BCUT2D eigenvalue weighted by Crippen LogP contribution is 2.38. The maximum atomic E-state index is 12.0. The fourth-order valence-corrected chi connectivity index (χ4v) is 3.67. The van der Waals surface area contributed by atoms with Crippen molar-refractivity contribution < 1.29 is 14.6 Å². The Kier molecular flexibility index (Phi) is 6.46. The van der Waals surface area contributed by atoms with Crippen LogP contribution in [-0.2, 0) is 9.53 Å². The van der Waals surface area contributed by atoms with E-state index in [1.807, 2.05) is 32.7 Å². The van der Waals surface area contributed by atoms with Crippen LogP contribution in [0.15, 0.2) is 0 Å². The third-order valence-corrected chi connectivity index (χ3v) is 5.18. The van der Waals surface area contributed by atoms with Gasteiger partial charge in [-0.05, 0) is 44.9 Å². The van der Waals surface area contributed by atoms with Gasteiger partial charge in [-0.2, -0.15) is 11.8 Å². The summed E-state index contributed by atoms with van der Waals surface area (Å²) < 4.78 is 5.16. The molecule has 1 saturated carbocycles. The van der Waals surface area contributed by atoms with Crippen molar-refractivity contribution in [3.63, 3.8) is 0 Å². The largest absolute Gasteiger partial charge is 0.465 e. The number of carbonyl (C=O) groups excluding carboxylic acids is 1. The summed E-state index contributed by atoms with van der Waals surface area (Å²) in [6, 6.07) is 0. The van der Waals surface area contributed by atoms with Crippen LogP contribution < -0.4 is 5.32 Å². The minimum absolute atomic E-state index is 0.120. The number of hydrogen-bond acceptors (Lipinski definition) is 5. The maximum absolute atomic E-state index is 12.0. The number of carbonyl (C=O) groups is 1. The van der Waals surface area contributed by atoms with E-state index in [-0.39, 0.29) is 12.6 Å². The van der Waals surface area contributed by atoms with E-state index < -0.39 is 5.54 Å². The second kappa shape index (κ2) is 7.36. The third kappa shape index (κ3) is 3.87. The van der Waals surface area contributed by atoms with Crippen LogP contribution in [0.5, 0.6) is 0 Å². The standard InChI is InChI=1S/C13H25NO3S/c1-4-17-12(16)13(14-3)6-5-11(7-13)18-9-10(2)8-15/h10-11,14-15H,4-9H2,1-3H3. The van der Waals surface area contributed by atoms with Crippen molar-refractivity contribution in [3.8, 4) is 0 Å². The molecule has 0 aromatic rings. The fraction of sp³-hybridized carbons (Fsp3) is 0.923. The van der Waals surface area contributed by atoms with Crippen molar-refractivity contribution in [1.29, 1.82) is 0 Å². The first-order valence-corrected chi connectivity index (χ1v) is 7.71. The van der Waals surface area contributed by atoms with Crippen molar-refractivity contribution in [2.45, 2.75) is 43.9 Å². The smallest absolute Gasteiger partial charge is 0.326 e. The van der Waals surface area contributed by atoms with Gasteiger partial charge in [0.2, 0.25) is 0 Å². The van der Waals surface area contributed by atoms with Crippen molar-refractivity contribution >= 4 is 17.7 Å². The lowest BCUT2D eigenvalue weighted by molar-refractivity contribution is -0.150. The molecule has 1 rings (SSSR count). The molecule has 0 aliphatic heterocycles. The molecule has 0 amide bonds. The molecule has 1 fully saturated rings. The van der Waals surface area contributed by atoms with Gasteiger partial charge in [-0.15, -0.1) is 0 Å². The summed E-state index contributed by atoms with van der Waals surface area (Å²) in [7, 11) is 1.83. The summed E-state index contributed by atoms with van der Waals surface area (Å²) in [4.78, 5) is 12.0. The molecule has 106 valence electrons. The Morgan fingerprint density at radius 3 is 2.94 bits per heavy atom. The fourth-order valence-electron chi connectivity index (χ4n) is 2.28. The molecule has 0 aromatic heterocycles. The van der Waals surface area contributed by atoms with E-state index in [9.17, 15) is 4.79 Å². The normalized spacial score (nSPS) is 29.2. The molecule has 0 spiro atoms. The lowest BCUT2D eigenvalue weighted by Crippen LogP contribution is -2.49. The second-order valence-corrected chi connectivity index (χ2v) is 6.37. The molecule has 1 aliphatic carbocycles. The minimum Gasteiger partial charge on any atom is -0.465 e. The SMILES string of the molecule is CCOC(=O)C1(NC)CCC(SCC(C)CO)C1. The molecule has 2 N–H and O–H groups in total. The molecular formula is C13H25NO3S. The van der Waals surface area contributed by atoms with Gasteiger partial charge in [-0.3, -0.25) is 4.79 Å².